The van der Waals surface area contributed by atoms with Crippen molar-refractivity contribution in [1.29, 1.82) is 0 Å². The minimum Gasteiger partial charge on any atom is -0.393 e. The highest BCUT2D eigenvalue weighted by molar-refractivity contribution is 6.31. The Morgan fingerprint density at radius 3 is 2.81 bits per heavy atom. The molecule has 0 bridgehead atoms. The molecule has 0 heterocycles. The number of nitro groups is 1. The third kappa shape index (κ3) is 3.92. The predicted octanol–water partition coefficient (Wildman–Crippen LogP) is 2.53. The summed E-state index contributed by atoms with van der Waals surface area (Å²) in [6.07, 6.45) is 3.19. The first kappa shape index (κ1) is 15.7. The zero-order valence-electron chi connectivity index (χ0n) is 11.4. The fraction of sp³-hybridized carbons (Fsp3) is 0.500. The van der Waals surface area contributed by atoms with E-state index in [9.17, 15) is 20.0 Å². The van der Waals surface area contributed by atoms with Gasteiger partial charge >= 0.3 is 0 Å². The Hall–Kier alpha value is -1.66. The molecule has 0 radical (unpaired) electrons. The van der Waals surface area contributed by atoms with Gasteiger partial charge in [0.1, 0.15) is 5.56 Å². The average Bonchev–Trinajstić information content (AvgIpc) is 2.46. The molecule has 1 saturated carbocycles. The number of nitro benzene ring substituents is 1. The van der Waals surface area contributed by atoms with Crippen LogP contribution in [0.4, 0.5) is 5.69 Å². The van der Waals surface area contributed by atoms with Gasteiger partial charge in [-0.15, -0.1) is 0 Å². The Kier molecular flexibility index (Phi) is 5.14. The Morgan fingerprint density at radius 2 is 2.14 bits per heavy atom. The lowest BCUT2D eigenvalue weighted by atomic mass is 9.86. The number of hydrogen-bond donors (Lipinski definition) is 2. The second-order valence-corrected chi connectivity index (χ2v) is 5.68. The summed E-state index contributed by atoms with van der Waals surface area (Å²) in [5.74, 6) is -0.509. The van der Waals surface area contributed by atoms with Crippen molar-refractivity contribution >= 4 is 23.2 Å². The van der Waals surface area contributed by atoms with Gasteiger partial charge in [-0.2, -0.15) is 0 Å². The monoisotopic (exact) mass is 312 g/mol. The van der Waals surface area contributed by atoms with Crippen molar-refractivity contribution in [3.63, 3.8) is 0 Å². The molecule has 21 heavy (non-hydrogen) atoms. The van der Waals surface area contributed by atoms with Gasteiger partial charge in [0, 0.05) is 23.6 Å². The van der Waals surface area contributed by atoms with Gasteiger partial charge in [0.05, 0.1) is 11.0 Å². The van der Waals surface area contributed by atoms with Gasteiger partial charge in [-0.05, 0) is 25.0 Å². The molecule has 2 unspecified atom stereocenters. The molecular formula is C14H17ClN2O4. The SMILES string of the molecule is O=C(NCC1CCCCC1O)c1ccc(Cl)cc1[N+](=O)[O-]. The smallest absolute Gasteiger partial charge is 0.283 e. The number of aliphatic hydroxyl groups excluding tert-OH is 1. The van der Waals surface area contributed by atoms with E-state index < -0.39 is 16.9 Å². The van der Waals surface area contributed by atoms with Gasteiger partial charge in [0.25, 0.3) is 11.6 Å². The number of carbonyl (C=O) groups excluding carboxylic acids is 1. The highest BCUT2D eigenvalue weighted by Crippen LogP contribution is 2.25. The maximum absolute atomic E-state index is 12.1. The summed E-state index contributed by atoms with van der Waals surface area (Å²) in [4.78, 5) is 22.4. The normalized spacial score (nSPS) is 21.8. The number of amides is 1. The molecular weight excluding hydrogens is 296 g/mol. The summed E-state index contributed by atoms with van der Waals surface area (Å²) in [5.41, 5.74) is -0.334. The molecule has 1 aromatic carbocycles. The average molecular weight is 313 g/mol. The zero-order valence-corrected chi connectivity index (χ0v) is 12.2. The van der Waals surface area contributed by atoms with Gasteiger partial charge in [-0.25, -0.2) is 0 Å². The van der Waals surface area contributed by atoms with E-state index >= 15 is 0 Å². The first-order chi connectivity index (χ1) is 9.99. The standard InChI is InChI=1S/C14H17ClN2O4/c15-10-5-6-11(12(7-10)17(20)21)14(19)16-8-9-3-1-2-4-13(9)18/h5-7,9,13,18H,1-4,8H2,(H,16,19). The van der Waals surface area contributed by atoms with Crippen LogP contribution in [0.1, 0.15) is 36.0 Å². The summed E-state index contributed by atoms with van der Waals surface area (Å²) >= 11 is 5.71. The molecule has 114 valence electrons. The first-order valence-corrected chi connectivity index (χ1v) is 7.27. The molecule has 1 fully saturated rings. The quantitative estimate of drug-likeness (QED) is 0.660. The molecule has 0 aliphatic heterocycles. The number of carbonyl (C=O) groups is 1. The summed E-state index contributed by atoms with van der Waals surface area (Å²) < 4.78 is 0. The van der Waals surface area contributed by atoms with E-state index in [-0.39, 0.29) is 22.2 Å². The highest BCUT2D eigenvalue weighted by Gasteiger charge is 2.25. The number of benzene rings is 1. The lowest BCUT2D eigenvalue weighted by molar-refractivity contribution is -0.385. The molecule has 1 aromatic rings. The fourth-order valence-corrected chi connectivity index (χ4v) is 2.76. The molecule has 1 amide bonds. The van der Waals surface area contributed by atoms with Crippen LogP contribution in [-0.4, -0.2) is 28.6 Å². The Balaban J connectivity index is 2.05. The Bertz CT molecular complexity index is 550. The third-order valence-electron chi connectivity index (χ3n) is 3.79. The minimum absolute atomic E-state index is 0.00839. The lowest BCUT2D eigenvalue weighted by Crippen LogP contribution is -2.36. The molecule has 2 rings (SSSR count). The van der Waals surface area contributed by atoms with E-state index in [2.05, 4.69) is 5.32 Å². The molecule has 1 aliphatic carbocycles. The number of rotatable bonds is 4. The van der Waals surface area contributed by atoms with Crippen LogP contribution in [0.5, 0.6) is 0 Å². The van der Waals surface area contributed by atoms with E-state index in [0.717, 1.165) is 31.7 Å². The largest absolute Gasteiger partial charge is 0.393 e. The molecule has 0 spiro atoms. The molecule has 2 atom stereocenters. The molecule has 1 aliphatic rings. The van der Waals surface area contributed by atoms with Gasteiger partial charge in [-0.1, -0.05) is 24.4 Å². The molecule has 0 aromatic heterocycles. The molecule has 2 N–H and O–H groups in total. The van der Waals surface area contributed by atoms with E-state index in [1.807, 2.05) is 0 Å². The van der Waals surface area contributed by atoms with E-state index in [0.29, 0.717) is 6.54 Å². The maximum Gasteiger partial charge on any atom is 0.283 e. The molecule has 7 heteroatoms. The van der Waals surface area contributed by atoms with Crippen LogP contribution in [0.2, 0.25) is 5.02 Å². The van der Waals surface area contributed by atoms with Crippen LogP contribution in [-0.2, 0) is 0 Å². The number of halogens is 1. The Labute approximate surface area is 127 Å². The summed E-state index contributed by atoms with van der Waals surface area (Å²) in [6, 6.07) is 3.94. The Morgan fingerprint density at radius 1 is 1.43 bits per heavy atom. The summed E-state index contributed by atoms with van der Waals surface area (Å²) in [7, 11) is 0. The lowest BCUT2D eigenvalue weighted by Gasteiger charge is -2.27. The molecule has 0 saturated heterocycles. The van der Waals surface area contributed by atoms with Gasteiger partial charge < -0.3 is 10.4 Å². The van der Waals surface area contributed by atoms with E-state index in [1.54, 1.807) is 0 Å². The van der Waals surface area contributed by atoms with Crippen LogP contribution in [0.3, 0.4) is 0 Å². The van der Waals surface area contributed by atoms with Gasteiger partial charge in [0.15, 0.2) is 0 Å². The number of aliphatic hydroxyl groups is 1. The van der Waals surface area contributed by atoms with Gasteiger partial charge in [0.2, 0.25) is 0 Å². The fourth-order valence-electron chi connectivity index (χ4n) is 2.59. The highest BCUT2D eigenvalue weighted by atomic mass is 35.5. The number of nitrogens with zero attached hydrogens (tertiary/aromatic N) is 1. The van der Waals surface area contributed by atoms with Crippen molar-refractivity contribution in [1.82, 2.24) is 5.32 Å². The maximum atomic E-state index is 12.1. The second kappa shape index (κ2) is 6.87. The van der Waals surface area contributed by atoms with Crippen LogP contribution < -0.4 is 5.32 Å². The van der Waals surface area contributed by atoms with Crippen molar-refractivity contribution in [2.75, 3.05) is 6.54 Å². The summed E-state index contributed by atoms with van der Waals surface area (Å²) in [5, 5.41) is 23.7. The van der Waals surface area contributed by atoms with Crippen LogP contribution in [0, 0.1) is 16.0 Å². The second-order valence-electron chi connectivity index (χ2n) is 5.24. The van der Waals surface area contributed by atoms with Crippen molar-refractivity contribution in [2.45, 2.75) is 31.8 Å². The number of hydrogen-bond acceptors (Lipinski definition) is 4. The topological polar surface area (TPSA) is 92.5 Å². The van der Waals surface area contributed by atoms with Gasteiger partial charge in [-0.3, -0.25) is 14.9 Å². The first-order valence-electron chi connectivity index (χ1n) is 6.89. The number of nitrogens with one attached hydrogen (secondary N) is 1. The van der Waals surface area contributed by atoms with E-state index in [4.69, 9.17) is 11.6 Å². The van der Waals surface area contributed by atoms with Crippen molar-refractivity contribution in [2.24, 2.45) is 5.92 Å². The van der Waals surface area contributed by atoms with Crippen LogP contribution in [0.15, 0.2) is 18.2 Å². The van der Waals surface area contributed by atoms with Crippen molar-refractivity contribution < 1.29 is 14.8 Å². The molecule has 6 nitrogen and oxygen atoms in total. The van der Waals surface area contributed by atoms with Crippen LogP contribution >= 0.6 is 11.6 Å². The predicted molar refractivity (Wildman–Crippen MR) is 78.4 cm³/mol. The van der Waals surface area contributed by atoms with Crippen molar-refractivity contribution in [3.8, 4) is 0 Å². The van der Waals surface area contributed by atoms with Crippen LogP contribution in [0.25, 0.3) is 0 Å². The van der Waals surface area contributed by atoms with E-state index in [1.165, 1.54) is 12.1 Å². The minimum atomic E-state index is -0.629. The zero-order chi connectivity index (χ0) is 15.4. The summed E-state index contributed by atoms with van der Waals surface area (Å²) in [6.45, 7) is 0.319. The van der Waals surface area contributed by atoms with Crippen molar-refractivity contribution in [3.05, 3.63) is 38.9 Å². The third-order valence-corrected chi connectivity index (χ3v) is 4.03.